The minimum absolute atomic E-state index is 0.0605. The fourth-order valence-corrected chi connectivity index (χ4v) is 4.33. The molecule has 2 aromatic carbocycles. The fraction of sp³-hybridized carbons (Fsp3) is 0.364. The molecule has 4 rings (SSSR count). The predicted octanol–water partition coefficient (Wildman–Crippen LogP) is 3.09. The van der Waals surface area contributed by atoms with Crippen molar-refractivity contribution < 1.29 is 24.5 Å². The Labute approximate surface area is 163 Å². The van der Waals surface area contributed by atoms with E-state index in [-0.39, 0.29) is 38.0 Å². The summed E-state index contributed by atoms with van der Waals surface area (Å²) in [5.41, 5.74) is 4.52. The standard InChI is InChI=1S/C22H23NO5/c24-12-14-9-10-23(20(11-14)21(25)26)22(27)28-13-19-17-7-3-1-5-15(17)16-6-2-4-8-18(16)19/h1-8,14,19-20,24H,9-13H2,(H,25,26)/t14?,20-/m0/s1. The zero-order valence-electron chi connectivity index (χ0n) is 15.5. The first kappa shape index (κ1) is 18.5. The molecule has 0 saturated carbocycles. The molecular weight excluding hydrogens is 358 g/mol. The molecule has 2 atom stereocenters. The maximum Gasteiger partial charge on any atom is 0.410 e. The van der Waals surface area contributed by atoms with Crippen LogP contribution in [-0.2, 0) is 9.53 Å². The van der Waals surface area contributed by atoms with E-state index >= 15 is 0 Å². The monoisotopic (exact) mass is 381 g/mol. The van der Waals surface area contributed by atoms with Crippen LogP contribution in [0.4, 0.5) is 4.79 Å². The average molecular weight is 381 g/mol. The second-order valence-electron chi connectivity index (χ2n) is 7.42. The van der Waals surface area contributed by atoms with Gasteiger partial charge < -0.3 is 14.9 Å². The molecule has 6 heteroatoms. The van der Waals surface area contributed by atoms with E-state index in [1.165, 1.54) is 4.90 Å². The van der Waals surface area contributed by atoms with Crippen LogP contribution in [0.5, 0.6) is 0 Å². The lowest BCUT2D eigenvalue weighted by Gasteiger charge is -2.35. The number of aliphatic hydroxyl groups is 1. The van der Waals surface area contributed by atoms with Gasteiger partial charge in [-0.05, 0) is 41.0 Å². The number of aliphatic carboxylic acids is 1. The number of carbonyl (C=O) groups excluding carboxylic acids is 1. The van der Waals surface area contributed by atoms with Crippen LogP contribution >= 0.6 is 0 Å². The van der Waals surface area contributed by atoms with E-state index in [0.717, 1.165) is 22.3 Å². The van der Waals surface area contributed by atoms with Gasteiger partial charge in [0.05, 0.1) is 0 Å². The second kappa shape index (κ2) is 7.64. The van der Waals surface area contributed by atoms with E-state index in [9.17, 15) is 19.8 Å². The highest BCUT2D eigenvalue weighted by molar-refractivity contribution is 5.81. The van der Waals surface area contributed by atoms with Gasteiger partial charge in [-0.3, -0.25) is 4.90 Å². The van der Waals surface area contributed by atoms with Gasteiger partial charge in [-0.15, -0.1) is 0 Å². The number of rotatable bonds is 4. The number of likely N-dealkylation sites (tertiary alicyclic amines) is 1. The number of amides is 1. The molecular formula is C22H23NO5. The van der Waals surface area contributed by atoms with Crippen molar-refractivity contribution in [1.29, 1.82) is 0 Å². The van der Waals surface area contributed by atoms with E-state index < -0.39 is 18.1 Å². The van der Waals surface area contributed by atoms with Crippen molar-refractivity contribution in [2.24, 2.45) is 5.92 Å². The number of piperidine rings is 1. The molecule has 1 heterocycles. The number of nitrogens with zero attached hydrogens (tertiary/aromatic N) is 1. The number of hydrogen-bond donors (Lipinski definition) is 2. The van der Waals surface area contributed by atoms with Crippen molar-refractivity contribution in [3.8, 4) is 11.1 Å². The van der Waals surface area contributed by atoms with Crippen LogP contribution in [0.15, 0.2) is 48.5 Å². The zero-order chi connectivity index (χ0) is 19.7. The van der Waals surface area contributed by atoms with Gasteiger partial charge in [0.25, 0.3) is 0 Å². The van der Waals surface area contributed by atoms with Crippen molar-refractivity contribution in [3.63, 3.8) is 0 Å². The van der Waals surface area contributed by atoms with Crippen LogP contribution in [0.3, 0.4) is 0 Å². The summed E-state index contributed by atoms with van der Waals surface area (Å²) in [6.07, 6.45) is 0.214. The Balaban J connectivity index is 1.50. The molecule has 2 aliphatic rings. The summed E-state index contributed by atoms with van der Waals surface area (Å²) in [7, 11) is 0. The normalized spacial score (nSPS) is 21.1. The lowest BCUT2D eigenvalue weighted by molar-refractivity contribution is -0.144. The zero-order valence-corrected chi connectivity index (χ0v) is 15.5. The van der Waals surface area contributed by atoms with E-state index in [0.29, 0.717) is 6.42 Å². The summed E-state index contributed by atoms with van der Waals surface area (Å²) in [4.78, 5) is 25.5. The largest absolute Gasteiger partial charge is 0.480 e. The van der Waals surface area contributed by atoms with E-state index in [2.05, 4.69) is 12.1 Å². The number of carboxylic acids is 1. The third kappa shape index (κ3) is 3.24. The fourth-order valence-electron chi connectivity index (χ4n) is 4.33. The summed E-state index contributed by atoms with van der Waals surface area (Å²) in [5, 5.41) is 18.8. The second-order valence-corrected chi connectivity index (χ2v) is 7.42. The molecule has 1 fully saturated rings. The maximum absolute atomic E-state index is 12.7. The number of carbonyl (C=O) groups is 2. The molecule has 0 radical (unpaired) electrons. The van der Waals surface area contributed by atoms with Crippen LogP contribution in [0.2, 0.25) is 0 Å². The highest BCUT2D eigenvalue weighted by atomic mass is 16.6. The molecule has 1 aliphatic carbocycles. The van der Waals surface area contributed by atoms with Crippen molar-refractivity contribution >= 4 is 12.1 Å². The Bertz CT molecular complexity index is 851. The molecule has 1 unspecified atom stereocenters. The summed E-state index contributed by atoms with van der Waals surface area (Å²) in [6.45, 7) is 0.375. The quantitative estimate of drug-likeness (QED) is 0.850. The van der Waals surface area contributed by atoms with Gasteiger partial charge >= 0.3 is 12.1 Å². The van der Waals surface area contributed by atoms with Gasteiger partial charge in [0.1, 0.15) is 12.6 Å². The number of hydrogen-bond acceptors (Lipinski definition) is 4. The van der Waals surface area contributed by atoms with Crippen LogP contribution in [0.1, 0.15) is 29.9 Å². The Morgan fingerprint density at radius 2 is 1.64 bits per heavy atom. The molecule has 2 aromatic rings. The molecule has 2 N–H and O–H groups in total. The predicted molar refractivity (Wildman–Crippen MR) is 103 cm³/mol. The summed E-state index contributed by atoms with van der Waals surface area (Å²) < 4.78 is 5.59. The van der Waals surface area contributed by atoms with Crippen LogP contribution < -0.4 is 0 Å². The van der Waals surface area contributed by atoms with Gasteiger partial charge in [-0.2, -0.15) is 0 Å². The van der Waals surface area contributed by atoms with Gasteiger partial charge in [0.2, 0.25) is 0 Å². The molecule has 28 heavy (non-hydrogen) atoms. The van der Waals surface area contributed by atoms with Crippen molar-refractivity contribution in [2.45, 2.75) is 24.8 Å². The maximum atomic E-state index is 12.7. The topological polar surface area (TPSA) is 87.1 Å². The Morgan fingerprint density at radius 3 is 2.21 bits per heavy atom. The third-order valence-corrected chi connectivity index (χ3v) is 5.82. The lowest BCUT2D eigenvalue weighted by Crippen LogP contribution is -2.51. The van der Waals surface area contributed by atoms with Crippen molar-refractivity contribution in [1.82, 2.24) is 4.90 Å². The minimum atomic E-state index is -1.06. The first-order valence-electron chi connectivity index (χ1n) is 9.55. The lowest BCUT2D eigenvalue weighted by atomic mass is 9.92. The van der Waals surface area contributed by atoms with Crippen LogP contribution in [0.25, 0.3) is 11.1 Å². The molecule has 0 bridgehead atoms. The molecule has 0 spiro atoms. The number of fused-ring (bicyclic) bond motifs is 3. The van der Waals surface area contributed by atoms with Gasteiger partial charge in [0.15, 0.2) is 0 Å². The molecule has 0 aromatic heterocycles. The summed E-state index contributed by atoms with van der Waals surface area (Å²) in [5.74, 6) is -1.22. The number of carboxylic acid groups (broad SMARTS) is 1. The van der Waals surface area contributed by atoms with Gasteiger partial charge in [-0.1, -0.05) is 48.5 Å². The molecule has 1 saturated heterocycles. The highest BCUT2D eigenvalue weighted by Gasteiger charge is 2.37. The number of benzene rings is 2. The summed E-state index contributed by atoms with van der Waals surface area (Å²) in [6, 6.07) is 15.2. The molecule has 6 nitrogen and oxygen atoms in total. The number of aliphatic hydroxyl groups excluding tert-OH is 1. The first-order chi connectivity index (χ1) is 13.6. The summed E-state index contributed by atoms with van der Waals surface area (Å²) >= 11 is 0. The highest BCUT2D eigenvalue weighted by Crippen LogP contribution is 2.44. The third-order valence-electron chi connectivity index (χ3n) is 5.82. The molecule has 146 valence electrons. The Kier molecular flexibility index (Phi) is 5.05. The molecule has 1 aliphatic heterocycles. The van der Waals surface area contributed by atoms with Crippen molar-refractivity contribution in [3.05, 3.63) is 59.7 Å². The van der Waals surface area contributed by atoms with Crippen molar-refractivity contribution in [2.75, 3.05) is 19.8 Å². The van der Waals surface area contributed by atoms with E-state index in [1.807, 2.05) is 36.4 Å². The Hall–Kier alpha value is -2.86. The van der Waals surface area contributed by atoms with Gasteiger partial charge in [0, 0.05) is 19.1 Å². The van der Waals surface area contributed by atoms with E-state index in [4.69, 9.17) is 4.74 Å². The smallest absolute Gasteiger partial charge is 0.410 e. The Morgan fingerprint density at radius 1 is 1.04 bits per heavy atom. The van der Waals surface area contributed by atoms with E-state index in [1.54, 1.807) is 0 Å². The number of ether oxygens (including phenoxy) is 1. The SMILES string of the molecule is O=C(O)[C@@H]1CC(CO)CCN1C(=O)OCC1c2ccccc2-c2ccccc21. The average Bonchev–Trinajstić information content (AvgIpc) is 3.05. The first-order valence-corrected chi connectivity index (χ1v) is 9.55. The minimum Gasteiger partial charge on any atom is -0.480 e. The van der Waals surface area contributed by atoms with Crippen LogP contribution in [0, 0.1) is 5.92 Å². The van der Waals surface area contributed by atoms with Gasteiger partial charge in [-0.25, -0.2) is 9.59 Å². The van der Waals surface area contributed by atoms with Crippen LogP contribution in [-0.4, -0.2) is 53.0 Å². The molecule has 1 amide bonds.